The highest BCUT2D eigenvalue weighted by atomic mass is 35.5. The third kappa shape index (κ3) is 2.92. The van der Waals surface area contributed by atoms with E-state index in [1.165, 1.54) is 0 Å². The first-order valence-electron chi connectivity index (χ1n) is 5.11. The van der Waals surface area contributed by atoms with Gasteiger partial charge in [0.15, 0.2) is 0 Å². The molecule has 0 saturated heterocycles. The molecule has 0 spiro atoms. The molecule has 0 unspecified atom stereocenters. The highest BCUT2D eigenvalue weighted by Crippen LogP contribution is 2.26. The summed E-state index contributed by atoms with van der Waals surface area (Å²) in [6.45, 7) is 0.299. The van der Waals surface area contributed by atoms with E-state index in [2.05, 4.69) is 4.98 Å². The van der Waals surface area contributed by atoms with Crippen molar-refractivity contribution in [3.05, 3.63) is 57.8 Å². The van der Waals surface area contributed by atoms with E-state index >= 15 is 0 Å². The minimum absolute atomic E-state index is 0.299. The van der Waals surface area contributed by atoms with E-state index in [1.807, 2.05) is 6.07 Å². The van der Waals surface area contributed by atoms with Crippen molar-refractivity contribution in [2.45, 2.75) is 6.61 Å². The molecule has 1 aromatic carbocycles. The number of aromatic nitrogens is 1. The van der Waals surface area contributed by atoms with Crippen LogP contribution < -0.4 is 4.74 Å². The Labute approximate surface area is 115 Å². The number of halogens is 2. The number of hydrogen-bond donors (Lipinski definition) is 0. The van der Waals surface area contributed by atoms with Gasteiger partial charge in [0.05, 0.1) is 21.7 Å². The van der Waals surface area contributed by atoms with Gasteiger partial charge in [0, 0.05) is 18.0 Å². The van der Waals surface area contributed by atoms with Crippen molar-refractivity contribution in [1.82, 2.24) is 4.98 Å². The molecular formula is C13H8Cl2N2O. The second-order valence-electron chi connectivity index (χ2n) is 3.51. The molecule has 90 valence electrons. The van der Waals surface area contributed by atoms with Crippen LogP contribution in [0.3, 0.4) is 0 Å². The molecule has 5 heteroatoms. The zero-order valence-electron chi connectivity index (χ0n) is 9.23. The summed E-state index contributed by atoms with van der Waals surface area (Å²) in [5, 5.41) is 9.67. The number of nitriles is 1. The standard InChI is InChI=1S/C13H8Cl2N2O/c14-11-5-9(6-16)1-2-13(11)18-8-10-3-4-17-7-12(10)15/h1-5,7H,8H2. The topological polar surface area (TPSA) is 45.9 Å². The average Bonchev–Trinajstić information content (AvgIpc) is 2.39. The summed E-state index contributed by atoms with van der Waals surface area (Å²) in [5.41, 5.74) is 1.32. The zero-order chi connectivity index (χ0) is 13.0. The van der Waals surface area contributed by atoms with E-state index in [4.69, 9.17) is 33.2 Å². The monoisotopic (exact) mass is 278 g/mol. The average molecular weight is 279 g/mol. The molecule has 0 aliphatic heterocycles. The van der Waals surface area contributed by atoms with Crippen molar-refractivity contribution in [3.8, 4) is 11.8 Å². The second kappa shape index (κ2) is 5.72. The maximum absolute atomic E-state index is 8.72. The Kier molecular flexibility index (Phi) is 4.03. The van der Waals surface area contributed by atoms with Crippen LogP contribution in [0.1, 0.15) is 11.1 Å². The molecule has 1 heterocycles. The Hall–Kier alpha value is -1.76. The summed E-state index contributed by atoms with van der Waals surface area (Å²) in [6, 6.07) is 8.66. The lowest BCUT2D eigenvalue weighted by Crippen LogP contribution is -1.97. The van der Waals surface area contributed by atoms with Gasteiger partial charge in [-0.2, -0.15) is 5.26 Å². The molecule has 0 atom stereocenters. The summed E-state index contributed by atoms with van der Waals surface area (Å²) < 4.78 is 5.55. The van der Waals surface area contributed by atoms with Crippen molar-refractivity contribution in [3.63, 3.8) is 0 Å². The molecule has 0 amide bonds. The minimum Gasteiger partial charge on any atom is -0.487 e. The van der Waals surface area contributed by atoms with Gasteiger partial charge in [0.25, 0.3) is 0 Å². The predicted octanol–water partition coefficient (Wildman–Crippen LogP) is 3.84. The lowest BCUT2D eigenvalue weighted by molar-refractivity contribution is 0.306. The number of ether oxygens (including phenoxy) is 1. The number of pyridine rings is 1. The smallest absolute Gasteiger partial charge is 0.138 e. The Morgan fingerprint density at radius 2 is 2.06 bits per heavy atom. The van der Waals surface area contributed by atoms with E-state index in [9.17, 15) is 0 Å². The van der Waals surface area contributed by atoms with Gasteiger partial charge in [0.1, 0.15) is 12.4 Å². The second-order valence-corrected chi connectivity index (χ2v) is 4.33. The third-order valence-electron chi connectivity index (χ3n) is 2.30. The predicted molar refractivity (Wildman–Crippen MR) is 69.7 cm³/mol. The molecule has 0 aliphatic carbocycles. The molecule has 0 bridgehead atoms. The molecule has 2 aromatic rings. The number of nitrogens with zero attached hydrogens (tertiary/aromatic N) is 2. The molecular weight excluding hydrogens is 271 g/mol. The fraction of sp³-hybridized carbons (Fsp3) is 0.0769. The summed E-state index contributed by atoms with van der Waals surface area (Å²) in [4.78, 5) is 3.89. The Bertz CT molecular complexity index is 608. The van der Waals surface area contributed by atoms with Crippen LogP contribution in [0.15, 0.2) is 36.7 Å². The van der Waals surface area contributed by atoms with Crippen LogP contribution >= 0.6 is 23.2 Å². The number of rotatable bonds is 3. The molecule has 0 radical (unpaired) electrons. The van der Waals surface area contributed by atoms with Gasteiger partial charge in [-0.1, -0.05) is 23.2 Å². The van der Waals surface area contributed by atoms with Crippen LogP contribution in [0.25, 0.3) is 0 Å². The third-order valence-corrected chi connectivity index (χ3v) is 2.94. The van der Waals surface area contributed by atoms with Gasteiger partial charge in [-0.05, 0) is 24.3 Å². The minimum atomic E-state index is 0.299. The number of hydrogen-bond acceptors (Lipinski definition) is 3. The molecule has 0 fully saturated rings. The molecule has 3 nitrogen and oxygen atoms in total. The van der Waals surface area contributed by atoms with E-state index in [0.717, 1.165) is 5.56 Å². The Balaban J connectivity index is 2.12. The summed E-state index contributed by atoms with van der Waals surface area (Å²) in [5.74, 6) is 0.517. The van der Waals surface area contributed by atoms with Crippen molar-refractivity contribution in [1.29, 1.82) is 5.26 Å². The molecule has 1 aromatic heterocycles. The first kappa shape index (κ1) is 12.7. The van der Waals surface area contributed by atoms with Crippen LogP contribution in [0.5, 0.6) is 5.75 Å². The lowest BCUT2D eigenvalue weighted by Gasteiger charge is -2.09. The molecule has 0 aliphatic rings. The highest BCUT2D eigenvalue weighted by molar-refractivity contribution is 6.32. The van der Waals surface area contributed by atoms with E-state index in [0.29, 0.717) is 28.0 Å². The van der Waals surface area contributed by atoms with Gasteiger partial charge in [-0.25, -0.2) is 0 Å². The maximum atomic E-state index is 8.72. The van der Waals surface area contributed by atoms with Crippen LogP contribution in [-0.4, -0.2) is 4.98 Å². The molecule has 0 saturated carbocycles. The summed E-state index contributed by atoms with van der Waals surface area (Å²) >= 11 is 12.0. The molecule has 18 heavy (non-hydrogen) atoms. The first-order valence-corrected chi connectivity index (χ1v) is 5.87. The van der Waals surface area contributed by atoms with Crippen LogP contribution in [0, 0.1) is 11.3 Å². The van der Waals surface area contributed by atoms with Gasteiger partial charge >= 0.3 is 0 Å². The maximum Gasteiger partial charge on any atom is 0.138 e. The molecule has 2 rings (SSSR count). The lowest BCUT2D eigenvalue weighted by atomic mass is 10.2. The van der Waals surface area contributed by atoms with E-state index in [-0.39, 0.29) is 0 Å². The fourth-order valence-electron chi connectivity index (χ4n) is 1.36. The van der Waals surface area contributed by atoms with Gasteiger partial charge in [-0.3, -0.25) is 4.98 Å². The van der Waals surface area contributed by atoms with Crippen molar-refractivity contribution >= 4 is 23.2 Å². The Morgan fingerprint density at radius 1 is 1.22 bits per heavy atom. The van der Waals surface area contributed by atoms with Crippen molar-refractivity contribution in [2.75, 3.05) is 0 Å². The van der Waals surface area contributed by atoms with Crippen molar-refractivity contribution < 1.29 is 4.74 Å². The van der Waals surface area contributed by atoms with Gasteiger partial charge < -0.3 is 4.74 Å². The zero-order valence-corrected chi connectivity index (χ0v) is 10.7. The van der Waals surface area contributed by atoms with E-state index < -0.39 is 0 Å². The first-order chi connectivity index (χ1) is 8.70. The Morgan fingerprint density at radius 3 is 2.72 bits per heavy atom. The van der Waals surface area contributed by atoms with Crippen LogP contribution in [0.2, 0.25) is 10.0 Å². The largest absolute Gasteiger partial charge is 0.487 e. The van der Waals surface area contributed by atoms with Crippen LogP contribution in [-0.2, 0) is 6.61 Å². The number of benzene rings is 1. The normalized spacial score (nSPS) is 9.83. The quantitative estimate of drug-likeness (QED) is 0.857. The van der Waals surface area contributed by atoms with Crippen molar-refractivity contribution in [2.24, 2.45) is 0 Å². The van der Waals surface area contributed by atoms with Gasteiger partial charge in [0.2, 0.25) is 0 Å². The SMILES string of the molecule is N#Cc1ccc(OCc2ccncc2Cl)c(Cl)c1. The van der Waals surface area contributed by atoms with Crippen LogP contribution in [0.4, 0.5) is 0 Å². The summed E-state index contributed by atoms with van der Waals surface area (Å²) in [6.07, 6.45) is 3.20. The fourth-order valence-corrected chi connectivity index (χ4v) is 1.77. The van der Waals surface area contributed by atoms with Gasteiger partial charge in [-0.15, -0.1) is 0 Å². The highest BCUT2D eigenvalue weighted by Gasteiger charge is 2.05. The van der Waals surface area contributed by atoms with E-state index in [1.54, 1.807) is 36.7 Å². The summed E-state index contributed by atoms with van der Waals surface area (Å²) in [7, 11) is 0. The molecule has 0 N–H and O–H groups in total.